The minimum Gasteiger partial charge on any atom is -0.465 e. The van der Waals surface area contributed by atoms with E-state index in [0.29, 0.717) is 16.8 Å². The molecule has 0 heterocycles. The van der Waals surface area contributed by atoms with E-state index in [9.17, 15) is 9.59 Å². The van der Waals surface area contributed by atoms with Gasteiger partial charge in [-0.3, -0.25) is 4.79 Å². The second-order valence-electron chi connectivity index (χ2n) is 5.86. The largest absolute Gasteiger partial charge is 0.465 e. The number of methoxy groups -OCH3 is 1. The summed E-state index contributed by atoms with van der Waals surface area (Å²) in [4.78, 5) is 24.5. The van der Waals surface area contributed by atoms with Crippen LogP contribution in [0.1, 0.15) is 31.8 Å². The molecule has 0 aromatic heterocycles. The van der Waals surface area contributed by atoms with Gasteiger partial charge in [0.2, 0.25) is 0 Å². The van der Waals surface area contributed by atoms with Crippen LogP contribution >= 0.6 is 0 Å². The maximum Gasteiger partial charge on any atom is 0.339 e. The molecule has 1 amide bonds. The van der Waals surface area contributed by atoms with Crippen LogP contribution in [0.25, 0.3) is 12.2 Å². The number of carbonyl (C=O) groups excluding carboxylic acids is 2. The zero-order valence-electron chi connectivity index (χ0n) is 14.9. The Bertz CT molecular complexity index is 963. The molecule has 0 bridgehead atoms. The highest BCUT2D eigenvalue weighted by molar-refractivity contribution is 6.08. The predicted molar refractivity (Wildman–Crippen MR) is 108 cm³/mol. The van der Waals surface area contributed by atoms with Gasteiger partial charge in [0.1, 0.15) is 0 Å². The molecule has 27 heavy (non-hydrogen) atoms. The number of hydrogen-bond donors (Lipinski definition) is 1. The number of rotatable bonds is 5. The van der Waals surface area contributed by atoms with Crippen LogP contribution in [-0.2, 0) is 4.74 Å². The molecule has 0 saturated heterocycles. The van der Waals surface area contributed by atoms with Crippen molar-refractivity contribution in [2.75, 3.05) is 12.4 Å². The summed E-state index contributed by atoms with van der Waals surface area (Å²) in [7, 11) is 1.31. The Morgan fingerprint density at radius 2 is 1.44 bits per heavy atom. The molecule has 0 aliphatic heterocycles. The van der Waals surface area contributed by atoms with Crippen LogP contribution in [0.3, 0.4) is 0 Å². The molecule has 0 saturated carbocycles. The van der Waals surface area contributed by atoms with Crippen LogP contribution in [0, 0.1) is 0 Å². The third kappa shape index (κ3) is 4.70. The second-order valence-corrected chi connectivity index (χ2v) is 5.86. The lowest BCUT2D eigenvalue weighted by Gasteiger charge is -2.11. The van der Waals surface area contributed by atoms with E-state index in [4.69, 9.17) is 4.74 Å². The summed E-state index contributed by atoms with van der Waals surface area (Å²) in [6.07, 6.45) is 3.89. The fourth-order valence-corrected chi connectivity index (χ4v) is 2.60. The first-order valence-electron chi connectivity index (χ1n) is 8.49. The quantitative estimate of drug-likeness (QED) is 0.522. The molecule has 134 valence electrons. The Balaban J connectivity index is 1.90. The lowest BCUT2D eigenvalue weighted by atomic mass is 10.1. The number of benzene rings is 3. The topological polar surface area (TPSA) is 55.4 Å². The molecule has 0 radical (unpaired) electrons. The Morgan fingerprint density at radius 3 is 2.11 bits per heavy atom. The smallest absolute Gasteiger partial charge is 0.339 e. The average molecular weight is 357 g/mol. The van der Waals surface area contributed by atoms with Crippen molar-refractivity contribution in [2.45, 2.75) is 0 Å². The van der Waals surface area contributed by atoms with Gasteiger partial charge >= 0.3 is 5.97 Å². The molecule has 0 unspecified atom stereocenters. The summed E-state index contributed by atoms with van der Waals surface area (Å²) in [5.74, 6) is -0.790. The van der Waals surface area contributed by atoms with E-state index in [1.165, 1.54) is 7.11 Å². The number of amides is 1. The number of anilines is 1. The van der Waals surface area contributed by atoms with Gasteiger partial charge in [0.15, 0.2) is 0 Å². The highest BCUT2D eigenvalue weighted by Crippen LogP contribution is 2.21. The normalized spacial score (nSPS) is 10.6. The molecule has 0 spiro atoms. The van der Waals surface area contributed by atoms with Crippen LogP contribution in [0.2, 0.25) is 0 Å². The third-order valence-corrected chi connectivity index (χ3v) is 4.00. The molecule has 3 aromatic carbocycles. The van der Waals surface area contributed by atoms with E-state index in [1.807, 2.05) is 54.6 Å². The van der Waals surface area contributed by atoms with Crippen molar-refractivity contribution in [3.63, 3.8) is 0 Å². The van der Waals surface area contributed by atoms with E-state index in [0.717, 1.165) is 11.1 Å². The minimum absolute atomic E-state index is 0.287. The SMILES string of the molecule is COC(=O)c1ccc(/C=C/c2ccccc2)cc1NC(=O)c1ccccc1. The summed E-state index contributed by atoms with van der Waals surface area (Å²) in [5.41, 5.74) is 3.14. The summed E-state index contributed by atoms with van der Waals surface area (Å²) in [6, 6.07) is 23.9. The summed E-state index contributed by atoms with van der Waals surface area (Å²) in [5, 5.41) is 2.81. The predicted octanol–water partition coefficient (Wildman–Crippen LogP) is 4.90. The summed E-state index contributed by atoms with van der Waals surface area (Å²) in [6.45, 7) is 0. The molecular formula is C23H19NO3. The maximum absolute atomic E-state index is 12.5. The highest BCUT2D eigenvalue weighted by atomic mass is 16.5. The molecule has 0 aliphatic carbocycles. The van der Waals surface area contributed by atoms with Crippen molar-refractivity contribution in [3.8, 4) is 0 Å². The van der Waals surface area contributed by atoms with E-state index in [1.54, 1.807) is 36.4 Å². The number of ether oxygens (including phenoxy) is 1. The van der Waals surface area contributed by atoms with Gasteiger partial charge in [0.25, 0.3) is 5.91 Å². The van der Waals surface area contributed by atoms with Gasteiger partial charge < -0.3 is 10.1 Å². The number of hydrogen-bond acceptors (Lipinski definition) is 3. The van der Waals surface area contributed by atoms with Crippen LogP contribution in [0.5, 0.6) is 0 Å². The molecule has 0 atom stereocenters. The van der Waals surface area contributed by atoms with E-state index in [2.05, 4.69) is 5.32 Å². The standard InChI is InChI=1S/C23H19NO3/c1-27-23(26)20-15-14-18(13-12-17-8-4-2-5-9-17)16-21(20)24-22(25)19-10-6-3-7-11-19/h2-16H,1H3,(H,24,25)/b13-12+. The van der Waals surface area contributed by atoms with Gasteiger partial charge in [-0.25, -0.2) is 4.79 Å². The Kier molecular flexibility index (Phi) is 5.80. The van der Waals surface area contributed by atoms with Crippen molar-refractivity contribution in [1.29, 1.82) is 0 Å². The van der Waals surface area contributed by atoms with Crippen LogP contribution < -0.4 is 5.32 Å². The number of nitrogens with one attached hydrogen (secondary N) is 1. The van der Waals surface area contributed by atoms with Gasteiger partial charge in [0.05, 0.1) is 18.4 Å². The highest BCUT2D eigenvalue weighted by Gasteiger charge is 2.15. The monoisotopic (exact) mass is 357 g/mol. The van der Waals surface area contributed by atoms with Gasteiger partial charge in [-0.05, 0) is 35.4 Å². The first kappa shape index (κ1) is 18.1. The molecule has 0 aliphatic rings. The summed E-state index contributed by atoms with van der Waals surface area (Å²) < 4.78 is 4.83. The number of esters is 1. The van der Waals surface area contributed by atoms with Gasteiger partial charge in [-0.15, -0.1) is 0 Å². The lowest BCUT2D eigenvalue weighted by molar-refractivity contribution is 0.0602. The first-order valence-corrected chi connectivity index (χ1v) is 8.49. The van der Waals surface area contributed by atoms with Crippen molar-refractivity contribution >= 4 is 29.7 Å². The van der Waals surface area contributed by atoms with Crippen LogP contribution in [0.4, 0.5) is 5.69 Å². The lowest BCUT2D eigenvalue weighted by Crippen LogP contribution is -2.15. The average Bonchev–Trinajstić information content (AvgIpc) is 2.73. The molecule has 3 rings (SSSR count). The fraction of sp³-hybridized carbons (Fsp3) is 0.0435. The van der Waals surface area contributed by atoms with E-state index in [-0.39, 0.29) is 5.91 Å². The van der Waals surface area contributed by atoms with Crippen molar-refractivity contribution in [1.82, 2.24) is 0 Å². The van der Waals surface area contributed by atoms with Gasteiger partial charge in [-0.2, -0.15) is 0 Å². The molecule has 3 aromatic rings. The zero-order chi connectivity index (χ0) is 19.1. The Morgan fingerprint density at radius 1 is 0.815 bits per heavy atom. The molecule has 1 N–H and O–H groups in total. The number of carbonyl (C=O) groups is 2. The summed E-state index contributed by atoms with van der Waals surface area (Å²) >= 11 is 0. The maximum atomic E-state index is 12.5. The second kappa shape index (κ2) is 8.63. The molecule has 0 fully saturated rings. The van der Waals surface area contributed by atoms with E-state index >= 15 is 0 Å². The van der Waals surface area contributed by atoms with Crippen molar-refractivity contribution in [2.24, 2.45) is 0 Å². The molecule has 4 heteroatoms. The van der Waals surface area contributed by atoms with Crippen LogP contribution in [0.15, 0.2) is 78.9 Å². The Hall–Kier alpha value is -3.66. The minimum atomic E-state index is -0.503. The van der Waals surface area contributed by atoms with E-state index < -0.39 is 5.97 Å². The van der Waals surface area contributed by atoms with Crippen molar-refractivity contribution in [3.05, 3.63) is 101 Å². The van der Waals surface area contributed by atoms with Crippen LogP contribution in [-0.4, -0.2) is 19.0 Å². The third-order valence-electron chi connectivity index (χ3n) is 4.00. The Labute approximate surface area is 158 Å². The van der Waals surface area contributed by atoms with Crippen molar-refractivity contribution < 1.29 is 14.3 Å². The zero-order valence-corrected chi connectivity index (χ0v) is 14.9. The van der Waals surface area contributed by atoms with Gasteiger partial charge in [0, 0.05) is 5.56 Å². The molecule has 4 nitrogen and oxygen atoms in total. The first-order chi connectivity index (χ1) is 13.2. The van der Waals surface area contributed by atoms with Gasteiger partial charge in [-0.1, -0.05) is 66.7 Å². The molecular weight excluding hydrogens is 338 g/mol. The fourth-order valence-electron chi connectivity index (χ4n) is 2.60.